The second-order valence-corrected chi connectivity index (χ2v) is 16.3. The molecule has 2 aromatic carbocycles. The van der Waals surface area contributed by atoms with Crippen molar-refractivity contribution in [3.05, 3.63) is 93.8 Å². The number of aromatic nitrogens is 2. The molecule has 0 spiro atoms. The van der Waals surface area contributed by atoms with Gasteiger partial charge in [-0.15, -0.1) is 0 Å². The normalized spacial score (nSPS) is 23.2. The van der Waals surface area contributed by atoms with Crippen LogP contribution in [0, 0.1) is 0 Å². The number of para-hydroxylation sites is 2. The molecular formula is C34H45FN4O13P2. The van der Waals surface area contributed by atoms with Gasteiger partial charge in [-0.25, -0.2) is 18.3 Å². The van der Waals surface area contributed by atoms with Crippen LogP contribution in [-0.4, -0.2) is 70.3 Å². The molecule has 1 aliphatic heterocycles. The van der Waals surface area contributed by atoms with Crippen LogP contribution in [0.5, 0.6) is 11.5 Å². The molecule has 1 aliphatic rings. The summed E-state index contributed by atoms with van der Waals surface area (Å²) in [7, 11) is -9.40. The van der Waals surface area contributed by atoms with E-state index >= 15 is 4.39 Å². The standard InChI is InChI=1S/C34H45FN4O13P2/c1-21(2)47-30(41)23(5)37-53(44,50-25-14-10-8-11-15-25)46-20-27-29(34(7,35)32(49-27)39-19-18-28(40)36-33(39)43)52-54(45,51-26-16-12-9-13-17-26)38-24(6)31(42)48-22(3)4/h8-19,21-24,27,29,32H,20H2,1-7H3,(H,37,44)(H,38,45)(H,36,40,43)/t23-,24-,27+,29+,32+,34+,53?,54+/m0/s1. The number of halogens is 1. The van der Waals surface area contributed by atoms with E-state index in [1.54, 1.807) is 64.1 Å². The molecule has 54 heavy (non-hydrogen) atoms. The van der Waals surface area contributed by atoms with Crippen molar-refractivity contribution in [1.82, 2.24) is 19.7 Å². The molecule has 1 unspecified atom stereocenters. The summed E-state index contributed by atoms with van der Waals surface area (Å²) in [6.07, 6.45) is -5.57. The lowest BCUT2D eigenvalue weighted by atomic mass is 9.98. The van der Waals surface area contributed by atoms with Crippen LogP contribution in [0.3, 0.4) is 0 Å². The number of H-pyrrole nitrogens is 1. The first-order chi connectivity index (χ1) is 25.3. The van der Waals surface area contributed by atoms with Gasteiger partial charge in [-0.3, -0.25) is 33.0 Å². The largest absolute Gasteiger partial charge is 0.462 e. The van der Waals surface area contributed by atoms with Gasteiger partial charge in [-0.2, -0.15) is 10.2 Å². The van der Waals surface area contributed by atoms with E-state index in [0.29, 0.717) is 0 Å². The van der Waals surface area contributed by atoms with Crippen molar-refractivity contribution in [2.24, 2.45) is 0 Å². The van der Waals surface area contributed by atoms with E-state index in [-0.39, 0.29) is 11.5 Å². The lowest BCUT2D eigenvalue weighted by Gasteiger charge is -2.32. The number of rotatable bonds is 18. The maximum Gasteiger partial charge on any atom is 0.459 e. The smallest absolute Gasteiger partial charge is 0.459 e. The zero-order valence-electron chi connectivity index (χ0n) is 30.7. The van der Waals surface area contributed by atoms with Gasteiger partial charge in [0.25, 0.3) is 5.56 Å². The lowest BCUT2D eigenvalue weighted by Crippen LogP contribution is -2.46. The Hall–Kier alpha value is -4.15. The zero-order chi connectivity index (χ0) is 39.8. The molecule has 20 heteroatoms. The van der Waals surface area contributed by atoms with E-state index in [0.717, 1.165) is 23.8 Å². The van der Waals surface area contributed by atoms with Gasteiger partial charge in [0.05, 0.1) is 18.8 Å². The maximum atomic E-state index is 17.3. The molecule has 3 N–H and O–H groups in total. The van der Waals surface area contributed by atoms with Gasteiger partial charge >= 0.3 is 33.1 Å². The van der Waals surface area contributed by atoms with Crippen molar-refractivity contribution >= 4 is 27.4 Å². The summed E-state index contributed by atoms with van der Waals surface area (Å²) in [4.78, 5) is 52.2. The number of alkyl halides is 1. The predicted molar refractivity (Wildman–Crippen MR) is 193 cm³/mol. The second kappa shape index (κ2) is 18.0. The first-order valence-corrected chi connectivity index (χ1v) is 20.0. The number of nitrogens with zero attached hydrogens (tertiary/aromatic N) is 1. The number of hydrogen-bond acceptors (Lipinski definition) is 13. The Morgan fingerprint density at radius 1 is 0.833 bits per heavy atom. The fraction of sp³-hybridized carbons (Fsp3) is 0.471. The van der Waals surface area contributed by atoms with Crippen LogP contribution in [0.25, 0.3) is 0 Å². The number of nitrogens with one attached hydrogen (secondary N) is 3. The molecule has 8 atom stereocenters. The average molecular weight is 799 g/mol. The summed E-state index contributed by atoms with van der Waals surface area (Å²) >= 11 is 0. The van der Waals surface area contributed by atoms with Crippen LogP contribution in [0.1, 0.15) is 54.7 Å². The summed E-state index contributed by atoms with van der Waals surface area (Å²) < 4.78 is 86.4. The van der Waals surface area contributed by atoms with Gasteiger partial charge in [0, 0.05) is 12.3 Å². The van der Waals surface area contributed by atoms with Crippen LogP contribution in [0.15, 0.2) is 82.5 Å². The SMILES string of the molecule is CC(C)OC(=O)[C@H](C)NP(=O)(OC[C@H]1O[C@@H](n2ccc(=O)[nH]c2=O)[C@](C)(F)[C@@H]1O[P@@](=O)(N[C@@H](C)C(=O)OC(C)C)Oc1ccccc1)Oc1ccccc1. The third-order valence-electron chi connectivity index (χ3n) is 7.50. The topological polar surface area (TPSA) is 212 Å². The molecule has 0 aliphatic carbocycles. The Morgan fingerprint density at radius 3 is 1.80 bits per heavy atom. The molecule has 4 rings (SSSR count). The fourth-order valence-electron chi connectivity index (χ4n) is 5.10. The molecule has 0 saturated carbocycles. The summed E-state index contributed by atoms with van der Waals surface area (Å²) in [6, 6.07) is 13.9. The van der Waals surface area contributed by atoms with Crippen molar-refractivity contribution in [3.8, 4) is 11.5 Å². The molecule has 0 radical (unpaired) electrons. The molecule has 17 nitrogen and oxygen atoms in total. The third kappa shape index (κ3) is 11.4. The van der Waals surface area contributed by atoms with Gasteiger partial charge in [-0.05, 0) is 72.7 Å². The lowest BCUT2D eigenvalue weighted by molar-refractivity contribution is -0.150. The number of esters is 2. The Balaban J connectivity index is 1.74. The highest BCUT2D eigenvalue weighted by atomic mass is 31.2. The first kappa shape index (κ1) is 42.6. The van der Waals surface area contributed by atoms with E-state index in [4.69, 9.17) is 32.3 Å². The van der Waals surface area contributed by atoms with E-state index < -0.39 is 93.7 Å². The summed E-state index contributed by atoms with van der Waals surface area (Å²) in [5.74, 6) is -1.54. The zero-order valence-corrected chi connectivity index (χ0v) is 32.5. The Labute approximate surface area is 311 Å². The minimum Gasteiger partial charge on any atom is -0.462 e. The van der Waals surface area contributed by atoms with E-state index in [1.807, 2.05) is 4.98 Å². The molecule has 0 amide bonds. The molecular weight excluding hydrogens is 753 g/mol. The van der Waals surface area contributed by atoms with Crippen LogP contribution in [-0.2, 0) is 42.0 Å². The fourth-order valence-corrected chi connectivity index (χ4v) is 8.38. The number of carbonyl (C=O) groups excluding carboxylic acids is 2. The van der Waals surface area contributed by atoms with Crippen molar-refractivity contribution in [1.29, 1.82) is 0 Å². The van der Waals surface area contributed by atoms with E-state index in [9.17, 15) is 28.3 Å². The highest BCUT2D eigenvalue weighted by Gasteiger charge is 2.60. The van der Waals surface area contributed by atoms with E-state index in [2.05, 4.69) is 10.2 Å². The molecule has 296 valence electrons. The molecule has 0 bridgehead atoms. The minimum absolute atomic E-state index is 0.00525. The van der Waals surface area contributed by atoms with Crippen LogP contribution in [0.4, 0.5) is 4.39 Å². The van der Waals surface area contributed by atoms with Gasteiger partial charge in [0.15, 0.2) is 11.9 Å². The Morgan fingerprint density at radius 2 is 1.31 bits per heavy atom. The molecule has 1 saturated heterocycles. The third-order valence-corrected chi connectivity index (χ3v) is 10.8. The van der Waals surface area contributed by atoms with Crippen LogP contribution < -0.4 is 30.5 Å². The minimum atomic E-state index is -4.82. The maximum absolute atomic E-state index is 17.3. The number of carbonyl (C=O) groups is 2. The van der Waals surface area contributed by atoms with Crippen molar-refractivity contribution < 1.29 is 55.4 Å². The van der Waals surface area contributed by atoms with Gasteiger partial charge in [0.2, 0.25) is 0 Å². The quantitative estimate of drug-likeness (QED) is 0.117. The summed E-state index contributed by atoms with van der Waals surface area (Å²) in [5.41, 5.74) is -4.62. The predicted octanol–water partition coefficient (Wildman–Crippen LogP) is 4.80. The summed E-state index contributed by atoms with van der Waals surface area (Å²) in [6.45, 7) is 9.30. The Kier molecular flexibility index (Phi) is 14.2. The first-order valence-electron chi connectivity index (χ1n) is 17.0. The number of aromatic amines is 1. The molecule has 1 fully saturated rings. The van der Waals surface area contributed by atoms with Gasteiger partial charge in [0.1, 0.15) is 35.8 Å². The molecule has 2 heterocycles. The Bertz CT molecular complexity index is 1940. The van der Waals surface area contributed by atoms with Crippen molar-refractivity contribution in [2.45, 2.75) is 96.9 Å². The monoisotopic (exact) mass is 798 g/mol. The molecule has 3 aromatic rings. The number of hydrogen-bond donors (Lipinski definition) is 3. The second-order valence-electron chi connectivity index (χ2n) is 13.0. The molecule has 1 aromatic heterocycles. The highest BCUT2D eigenvalue weighted by Crippen LogP contribution is 2.54. The van der Waals surface area contributed by atoms with Gasteiger partial charge < -0.3 is 23.3 Å². The van der Waals surface area contributed by atoms with Crippen molar-refractivity contribution in [3.63, 3.8) is 0 Å². The number of ether oxygens (including phenoxy) is 3. The van der Waals surface area contributed by atoms with Crippen LogP contribution >= 0.6 is 15.5 Å². The summed E-state index contributed by atoms with van der Waals surface area (Å²) in [5, 5.41) is 4.99. The average Bonchev–Trinajstić information content (AvgIpc) is 3.32. The number of benzene rings is 2. The van der Waals surface area contributed by atoms with Gasteiger partial charge in [-0.1, -0.05) is 36.4 Å². The van der Waals surface area contributed by atoms with E-state index in [1.165, 1.54) is 38.1 Å². The highest BCUT2D eigenvalue weighted by molar-refractivity contribution is 7.52. The van der Waals surface area contributed by atoms with Crippen molar-refractivity contribution in [2.75, 3.05) is 6.61 Å². The van der Waals surface area contributed by atoms with Crippen LogP contribution in [0.2, 0.25) is 0 Å².